The molecule has 14 heteroatoms. The predicted octanol–water partition coefficient (Wildman–Crippen LogP) is 3.35. The van der Waals surface area contributed by atoms with Gasteiger partial charge in [0.05, 0.1) is 31.7 Å². The minimum absolute atomic E-state index is 0.0373. The normalized spacial score (nSPS) is 23.1. The molecule has 13 nitrogen and oxygen atoms in total. The average molecular weight is 807 g/mol. The van der Waals surface area contributed by atoms with Gasteiger partial charge in [0.1, 0.15) is 17.8 Å². The molecule has 4 amide bonds. The number of hydrogen-bond donors (Lipinski definition) is 5. The van der Waals surface area contributed by atoms with E-state index < -0.39 is 42.0 Å². The van der Waals surface area contributed by atoms with Gasteiger partial charge in [-0.2, -0.15) is 11.8 Å². The largest absolute Gasteiger partial charge is 0.494 e. The second-order valence-electron chi connectivity index (χ2n) is 15.9. The Morgan fingerprint density at radius 1 is 1.02 bits per heavy atom. The summed E-state index contributed by atoms with van der Waals surface area (Å²) in [7, 11) is 3.86. The lowest BCUT2D eigenvalue weighted by molar-refractivity contribution is -0.144. The molecule has 2 aliphatic heterocycles. The van der Waals surface area contributed by atoms with E-state index in [4.69, 9.17) is 4.74 Å². The maximum absolute atomic E-state index is 14.6. The Labute approximate surface area is 341 Å². The third kappa shape index (κ3) is 12.5. The van der Waals surface area contributed by atoms with Crippen LogP contribution < -0.4 is 26.0 Å². The molecule has 4 unspecified atom stereocenters. The van der Waals surface area contributed by atoms with E-state index in [9.17, 15) is 29.1 Å². The molecule has 312 valence electrons. The standard InChI is InChI=1S/C43H62N6O7S/c1-5-14-34(40(52)42(54)44-26-37(51)47-38(28(2)48(3)4)30-16-8-6-9-17-30)45-41(53)35-25-33-27-49(35)43(55)39(31-18-10-7-11-19-31)46-36(50)24-29-15-12-20-32(23-29)56-21-13-22-57-33/h6,8-9,12,15-17,20,23,28,31,33-35,38-39,42,44,54H,5,7,10-11,13-14,18-19,21-22,24-27H2,1-4H3,(H,45,53)(H,46,50)(H,47,51)/t28?,33-,34?,35+,38?,39+,42?/m1/s1. The maximum atomic E-state index is 14.6. The Balaban J connectivity index is 1.28. The number of aliphatic hydroxyl groups excluding tert-OH is 1. The Morgan fingerprint density at radius 2 is 1.77 bits per heavy atom. The minimum Gasteiger partial charge on any atom is -0.494 e. The van der Waals surface area contributed by atoms with Gasteiger partial charge >= 0.3 is 0 Å². The predicted molar refractivity (Wildman–Crippen MR) is 221 cm³/mol. The number of likely N-dealkylation sites (N-methyl/N-ethyl adjacent to an activating group) is 1. The second-order valence-corrected chi connectivity index (χ2v) is 17.3. The Kier molecular flexibility index (Phi) is 16.8. The number of ether oxygens (including phenoxy) is 1. The zero-order valence-electron chi connectivity index (χ0n) is 33.9. The van der Waals surface area contributed by atoms with Crippen molar-refractivity contribution in [3.63, 3.8) is 0 Å². The van der Waals surface area contributed by atoms with Crippen LogP contribution in [0.2, 0.25) is 0 Å². The first-order chi connectivity index (χ1) is 27.4. The summed E-state index contributed by atoms with van der Waals surface area (Å²) in [6, 6.07) is 14.0. The van der Waals surface area contributed by atoms with Crippen molar-refractivity contribution >= 4 is 41.2 Å². The van der Waals surface area contributed by atoms with Crippen LogP contribution in [0.3, 0.4) is 0 Å². The highest BCUT2D eigenvalue weighted by Crippen LogP contribution is 2.33. The number of carbonyl (C=O) groups is 5. The fraction of sp³-hybridized carbons (Fsp3) is 0.605. The molecule has 1 saturated carbocycles. The molecule has 0 spiro atoms. The average Bonchev–Trinajstić information content (AvgIpc) is 3.65. The highest BCUT2D eigenvalue weighted by molar-refractivity contribution is 7.99. The number of nitrogens with one attached hydrogen (secondary N) is 4. The molecule has 5 rings (SSSR count). The van der Waals surface area contributed by atoms with Crippen molar-refractivity contribution in [3.8, 4) is 5.75 Å². The number of carbonyl (C=O) groups excluding carboxylic acids is 5. The zero-order valence-corrected chi connectivity index (χ0v) is 34.7. The smallest absolute Gasteiger partial charge is 0.246 e. The molecule has 4 bridgehead atoms. The first-order valence-corrected chi connectivity index (χ1v) is 21.7. The molecule has 2 heterocycles. The van der Waals surface area contributed by atoms with Gasteiger partial charge < -0.3 is 35.6 Å². The van der Waals surface area contributed by atoms with Gasteiger partial charge in [0.15, 0.2) is 12.0 Å². The maximum Gasteiger partial charge on any atom is 0.246 e. The van der Waals surface area contributed by atoms with Crippen molar-refractivity contribution in [2.24, 2.45) is 5.92 Å². The summed E-state index contributed by atoms with van der Waals surface area (Å²) in [5.41, 5.74) is 1.72. The number of aliphatic hydroxyl groups is 1. The van der Waals surface area contributed by atoms with Crippen LogP contribution in [0.15, 0.2) is 54.6 Å². The van der Waals surface area contributed by atoms with Gasteiger partial charge in [0.25, 0.3) is 0 Å². The van der Waals surface area contributed by atoms with Crippen molar-refractivity contribution in [1.29, 1.82) is 0 Å². The molecule has 2 fully saturated rings. The molecule has 2 aromatic carbocycles. The summed E-state index contributed by atoms with van der Waals surface area (Å²) in [5, 5.41) is 22.6. The zero-order chi connectivity index (χ0) is 40.9. The van der Waals surface area contributed by atoms with E-state index in [1.807, 2.05) is 87.4 Å². The van der Waals surface area contributed by atoms with E-state index in [0.717, 1.165) is 55.4 Å². The molecule has 1 aliphatic carbocycles. The summed E-state index contributed by atoms with van der Waals surface area (Å²) in [6.45, 7) is 4.39. The lowest BCUT2D eigenvalue weighted by atomic mass is 9.83. The van der Waals surface area contributed by atoms with E-state index in [2.05, 4.69) is 21.3 Å². The summed E-state index contributed by atoms with van der Waals surface area (Å²) in [5.74, 6) is -0.655. The number of benzene rings is 2. The Hall–Kier alpha value is -3.98. The van der Waals surface area contributed by atoms with Gasteiger partial charge in [0.2, 0.25) is 23.6 Å². The van der Waals surface area contributed by atoms with Crippen LogP contribution in [0.4, 0.5) is 0 Å². The Morgan fingerprint density at radius 3 is 2.49 bits per heavy atom. The third-order valence-corrected chi connectivity index (χ3v) is 12.8. The highest BCUT2D eigenvalue weighted by atomic mass is 32.2. The fourth-order valence-corrected chi connectivity index (χ4v) is 9.28. The van der Waals surface area contributed by atoms with Crippen molar-refractivity contribution in [2.75, 3.05) is 39.5 Å². The van der Waals surface area contributed by atoms with Crippen LogP contribution in [0.1, 0.15) is 88.8 Å². The molecular formula is C43H62N6O7S. The van der Waals surface area contributed by atoms with Crippen molar-refractivity contribution in [1.82, 2.24) is 31.1 Å². The van der Waals surface area contributed by atoms with E-state index in [1.165, 1.54) is 0 Å². The summed E-state index contributed by atoms with van der Waals surface area (Å²) in [6.07, 6.45) is 4.95. The van der Waals surface area contributed by atoms with Crippen LogP contribution in [-0.2, 0) is 30.4 Å². The van der Waals surface area contributed by atoms with Crippen LogP contribution in [-0.4, -0.2) is 120 Å². The molecule has 2 aromatic rings. The number of Topliss-reactive ketones (excluding diaryl/α,β-unsaturated/α-hetero) is 1. The van der Waals surface area contributed by atoms with Crippen LogP contribution in [0.25, 0.3) is 0 Å². The van der Waals surface area contributed by atoms with Gasteiger partial charge in [-0.25, -0.2) is 0 Å². The quantitative estimate of drug-likeness (QED) is 0.179. The first-order valence-electron chi connectivity index (χ1n) is 20.6. The third-order valence-electron chi connectivity index (χ3n) is 11.5. The van der Waals surface area contributed by atoms with Crippen molar-refractivity contribution < 1.29 is 33.8 Å². The molecule has 0 aromatic heterocycles. The lowest BCUT2D eigenvalue weighted by Gasteiger charge is -2.35. The van der Waals surface area contributed by atoms with Gasteiger partial charge in [-0.05, 0) is 88.1 Å². The molecular weight excluding hydrogens is 745 g/mol. The molecule has 7 atom stereocenters. The molecule has 5 N–H and O–H groups in total. The van der Waals surface area contributed by atoms with E-state index in [1.54, 1.807) is 16.7 Å². The fourth-order valence-electron chi connectivity index (χ4n) is 8.08. The van der Waals surface area contributed by atoms with Crippen LogP contribution in [0, 0.1) is 5.92 Å². The van der Waals surface area contributed by atoms with Gasteiger partial charge in [-0.1, -0.05) is 75.1 Å². The van der Waals surface area contributed by atoms with Crippen molar-refractivity contribution in [3.05, 3.63) is 65.7 Å². The van der Waals surface area contributed by atoms with E-state index >= 15 is 0 Å². The number of nitrogens with zero attached hydrogens (tertiary/aromatic N) is 2. The van der Waals surface area contributed by atoms with Gasteiger partial charge in [-0.15, -0.1) is 0 Å². The van der Waals surface area contributed by atoms with Crippen LogP contribution in [0.5, 0.6) is 5.75 Å². The SMILES string of the molecule is CCCC(NC(=O)[C@@H]1C[C@@H]2CN1C(=O)[C@H](C1CCCCC1)NC(=O)Cc1cccc(c1)OCCCS2)C(=O)C(O)NCC(=O)NC(c1ccccc1)C(C)N(C)C. The topological polar surface area (TPSA) is 169 Å². The number of ketones is 1. The van der Waals surface area contributed by atoms with E-state index in [-0.39, 0.29) is 54.5 Å². The second kappa shape index (κ2) is 21.7. The molecule has 0 radical (unpaired) electrons. The number of hydrogen-bond acceptors (Lipinski definition) is 10. The lowest BCUT2D eigenvalue weighted by Crippen LogP contribution is -2.58. The molecule has 1 saturated heterocycles. The first kappa shape index (κ1) is 44.1. The van der Waals surface area contributed by atoms with E-state index in [0.29, 0.717) is 31.7 Å². The minimum atomic E-state index is -1.71. The van der Waals surface area contributed by atoms with Crippen LogP contribution >= 0.6 is 11.8 Å². The summed E-state index contributed by atoms with van der Waals surface area (Å²) >= 11 is 1.69. The number of fused-ring (bicyclic) bond motifs is 4. The van der Waals surface area contributed by atoms with Crippen molar-refractivity contribution in [2.45, 2.75) is 120 Å². The van der Waals surface area contributed by atoms with Gasteiger partial charge in [-0.3, -0.25) is 29.3 Å². The number of rotatable bonds is 14. The Bertz CT molecular complexity index is 1660. The van der Waals surface area contributed by atoms with Gasteiger partial charge in [0, 0.05) is 17.8 Å². The summed E-state index contributed by atoms with van der Waals surface area (Å²) < 4.78 is 5.99. The monoisotopic (exact) mass is 806 g/mol. The highest BCUT2D eigenvalue weighted by Gasteiger charge is 2.45. The molecule has 57 heavy (non-hydrogen) atoms. The molecule has 3 aliphatic rings. The summed E-state index contributed by atoms with van der Waals surface area (Å²) in [4.78, 5) is 72.8. The number of amides is 4. The number of thioether (sulfide) groups is 1.